The fourth-order valence-electron chi connectivity index (χ4n) is 3.42. The molecule has 18 heavy (non-hydrogen) atoms. The van der Waals surface area contributed by atoms with Gasteiger partial charge in [-0.3, -0.25) is 10.1 Å². The average molecular weight is 241 g/mol. The number of hydrogen-bond donors (Lipinski definition) is 2. The van der Waals surface area contributed by atoms with Crippen LogP contribution in [0.15, 0.2) is 24.3 Å². The quantitative estimate of drug-likeness (QED) is 0.848. The summed E-state index contributed by atoms with van der Waals surface area (Å²) in [5, 5.41) is 2.92. The fraction of sp³-hybridized carbons (Fsp3) is 0.429. The van der Waals surface area contributed by atoms with Gasteiger partial charge in [0.15, 0.2) is 0 Å². The van der Waals surface area contributed by atoms with Crippen LogP contribution in [0.25, 0.3) is 11.0 Å². The number of imidazole rings is 1. The zero-order chi connectivity index (χ0) is 12.1. The van der Waals surface area contributed by atoms with E-state index in [0.717, 1.165) is 11.0 Å². The SMILES string of the molecule is O=C(Nc1nc2ccccc2[nH]1)C1C2CCCC21. The van der Waals surface area contributed by atoms with Crippen LogP contribution in [-0.2, 0) is 4.79 Å². The van der Waals surface area contributed by atoms with Crippen molar-refractivity contribution in [1.29, 1.82) is 0 Å². The molecule has 2 aromatic rings. The van der Waals surface area contributed by atoms with Gasteiger partial charge < -0.3 is 4.98 Å². The Kier molecular flexibility index (Phi) is 2.01. The van der Waals surface area contributed by atoms with Gasteiger partial charge >= 0.3 is 0 Å². The van der Waals surface area contributed by atoms with Crippen LogP contribution in [0, 0.1) is 17.8 Å². The molecule has 1 aromatic heterocycles. The maximum Gasteiger partial charge on any atom is 0.230 e. The molecule has 0 bridgehead atoms. The molecule has 0 radical (unpaired) electrons. The van der Waals surface area contributed by atoms with Crippen LogP contribution in [-0.4, -0.2) is 15.9 Å². The second kappa shape index (κ2) is 3.57. The lowest BCUT2D eigenvalue weighted by Crippen LogP contribution is -2.17. The zero-order valence-corrected chi connectivity index (χ0v) is 10.0. The number of aromatic amines is 1. The molecular weight excluding hydrogens is 226 g/mol. The van der Waals surface area contributed by atoms with Crippen molar-refractivity contribution in [1.82, 2.24) is 9.97 Å². The predicted molar refractivity (Wildman–Crippen MR) is 69.0 cm³/mol. The van der Waals surface area contributed by atoms with Crippen LogP contribution in [0.1, 0.15) is 19.3 Å². The first-order chi connectivity index (χ1) is 8.83. The van der Waals surface area contributed by atoms with E-state index in [1.54, 1.807) is 0 Å². The van der Waals surface area contributed by atoms with Crippen LogP contribution in [0.3, 0.4) is 0 Å². The van der Waals surface area contributed by atoms with Crippen molar-refractivity contribution >= 4 is 22.9 Å². The molecule has 4 heteroatoms. The van der Waals surface area contributed by atoms with E-state index in [0.29, 0.717) is 17.8 Å². The Morgan fingerprint density at radius 2 is 2.06 bits per heavy atom. The highest BCUT2D eigenvalue weighted by atomic mass is 16.2. The number of aromatic nitrogens is 2. The Morgan fingerprint density at radius 1 is 1.28 bits per heavy atom. The van der Waals surface area contributed by atoms with Gasteiger partial charge in [0.2, 0.25) is 11.9 Å². The third-order valence-electron chi connectivity index (χ3n) is 4.34. The number of hydrogen-bond acceptors (Lipinski definition) is 2. The number of rotatable bonds is 2. The summed E-state index contributed by atoms with van der Waals surface area (Å²) in [4.78, 5) is 19.6. The number of fused-ring (bicyclic) bond motifs is 2. The number of carbonyl (C=O) groups is 1. The van der Waals surface area contributed by atoms with Crippen molar-refractivity contribution in [3.8, 4) is 0 Å². The van der Waals surface area contributed by atoms with Gasteiger partial charge in [0.25, 0.3) is 0 Å². The van der Waals surface area contributed by atoms with Crippen LogP contribution in [0.5, 0.6) is 0 Å². The summed E-state index contributed by atoms with van der Waals surface area (Å²) in [7, 11) is 0. The summed E-state index contributed by atoms with van der Waals surface area (Å²) in [6.45, 7) is 0. The molecule has 2 aliphatic rings. The van der Waals surface area contributed by atoms with Gasteiger partial charge in [-0.2, -0.15) is 0 Å². The topological polar surface area (TPSA) is 57.8 Å². The smallest absolute Gasteiger partial charge is 0.230 e. The van der Waals surface area contributed by atoms with Gasteiger partial charge in [0.05, 0.1) is 11.0 Å². The van der Waals surface area contributed by atoms with Crippen LogP contribution in [0.2, 0.25) is 0 Å². The minimum Gasteiger partial charge on any atom is -0.324 e. The Hall–Kier alpha value is -1.84. The Balaban J connectivity index is 1.52. The molecule has 4 rings (SSSR count). The molecule has 0 aliphatic heterocycles. The van der Waals surface area contributed by atoms with E-state index >= 15 is 0 Å². The molecule has 2 aliphatic carbocycles. The summed E-state index contributed by atoms with van der Waals surface area (Å²) in [6.07, 6.45) is 3.75. The third kappa shape index (κ3) is 1.45. The third-order valence-corrected chi connectivity index (χ3v) is 4.34. The molecular formula is C14H15N3O. The maximum absolute atomic E-state index is 12.1. The van der Waals surface area contributed by atoms with Crippen molar-refractivity contribution in [3.05, 3.63) is 24.3 Å². The van der Waals surface area contributed by atoms with Crippen molar-refractivity contribution in [2.45, 2.75) is 19.3 Å². The Bertz CT molecular complexity index is 575. The zero-order valence-electron chi connectivity index (χ0n) is 10.0. The summed E-state index contributed by atoms with van der Waals surface area (Å²) < 4.78 is 0. The second-order valence-corrected chi connectivity index (χ2v) is 5.38. The largest absolute Gasteiger partial charge is 0.324 e. The molecule has 2 atom stereocenters. The van der Waals surface area contributed by atoms with Gasteiger partial charge in [-0.25, -0.2) is 4.98 Å². The van der Waals surface area contributed by atoms with Gasteiger partial charge in [-0.05, 0) is 36.8 Å². The molecule has 4 nitrogen and oxygen atoms in total. The minimum absolute atomic E-state index is 0.142. The molecule has 0 saturated heterocycles. The summed E-state index contributed by atoms with van der Waals surface area (Å²) in [6, 6.07) is 7.80. The van der Waals surface area contributed by atoms with Gasteiger partial charge in [-0.1, -0.05) is 18.6 Å². The first-order valence-electron chi connectivity index (χ1n) is 6.58. The second-order valence-electron chi connectivity index (χ2n) is 5.38. The monoisotopic (exact) mass is 241 g/mol. The van der Waals surface area contributed by atoms with Crippen molar-refractivity contribution in [2.75, 3.05) is 5.32 Å². The molecule has 1 amide bonds. The Labute approximate surface area is 105 Å². The van der Waals surface area contributed by atoms with E-state index in [1.807, 2.05) is 24.3 Å². The minimum atomic E-state index is 0.142. The standard InChI is InChI=1S/C14H15N3O/c18-13(12-8-4-3-5-9(8)12)17-14-15-10-6-1-2-7-11(10)16-14/h1-2,6-9,12H,3-5H2,(H2,15,16,17,18). The lowest BCUT2D eigenvalue weighted by Gasteiger charge is -2.02. The number of para-hydroxylation sites is 2. The van der Waals surface area contributed by atoms with Crippen molar-refractivity contribution < 1.29 is 4.79 Å². The highest BCUT2D eigenvalue weighted by Crippen LogP contribution is 2.57. The lowest BCUT2D eigenvalue weighted by atomic mass is 10.1. The van der Waals surface area contributed by atoms with E-state index < -0.39 is 0 Å². The van der Waals surface area contributed by atoms with Gasteiger partial charge in [0, 0.05) is 5.92 Å². The highest BCUT2D eigenvalue weighted by Gasteiger charge is 2.56. The van der Waals surface area contributed by atoms with Gasteiger partial charge in [-0.15, -0.1) is 0 Å². The molecule has 0 spiro atoms. The molecule has 2 saturated carbocycles. The molecule has 2 fully saturated rings. The Morgan fingerprint density at radius 3 is 2.83 bits per heavy atom. The fourth-order valence-corrected chi connectivity index (χ4v) is 3.42. The average Bonchev–Trinajstić information content (AvgIpc) is 2.77. The number of benzene rings is 1. The summed E-state index contributed by atoms with van der Waals surface area (Å²) >= 11 is 0. The molecule has 1 aromatic carbocycles. The number of anilines is 1. The van der Waals surface area contributed by atoms with Crippen LogP contribution in [0.4, 0.5) is 5.95 Å². The highest BCUT2D eigenvalue weighted by molar-refractivity contribution is 5.94. The normalized spacial score (nSPS) is 29.2. The van der Waals surface area contributed by atoms with E-state index in [4.69, 9.17) is 0 Å². The molecule has 2 unspecified atom stereocenters. The van der Waals surface area contributed by atoms with E-state index in [9.17, 15) is 4.79 Å². The number of amides is 1. The van der Waals surface area contributed by atoms with E-state index in [2.05, 4.69) is 15.3 Å². The summed E-state index contributed by atoms with van der Waals surface area (Å²) in [5.74, 6) is 2.26. The summed E-state index contributed by atoms with van der Waals surface area (Å²) in [5.41, 5.74) is 1.85. The number of carbonyl (C=O) groups excluding carboxylic acids is 1. The van der Waals surface area contributed by atoms with Crippen molar-refractivity contribution in [3.63, 3.8) is 0 Å². The van der Waals surface area contributed by atoms with E-state index in [-0.39, 0.29) is 11.8 Å². The first-order valence-corrected chi connectivity index (χ1v) is 6.58. The van der Waals surface area contributed by atoms with E-state index in [1.165, 1.54) is 19.3 Å². The van der Waals surface area contributed by atoms with Crippen LogP contribution < -0.4 is 5.32 Å². The van der Waals surface area contributed by atoms with Crippen LogP contribution >= 0.6 is 0 Å². The molecule has 1 heterocycles. The number of H-pyrrole nitrogens is 1. The first kappa shape index (κ1) is 10.1. The number of nitrogens with one attached hydrogen (secondary N) is 2. The predicted octanol–water partition coefficient (Wildman–Crippen LogP) is 2.55. The maximum atomic E-state index is 12.1. The lowest BCUT2D eigenvalue weighted by molar-refractivity contribution is -0.118. The molecule has 92 valence electrons. The molecule has 2 N–H and O–H groups in total. The van der Waals surface area contributed by atoms with Gasteiger partial charge in [0.1, 0.15) is 0 Å². The van der Waals surface area contributed by atoms with Crippen molar-refractivity contribution in [2.24, 2.45) is 17.8 Å². The number of nitrogens with zero attached hydrogens (tertiary/aromatic N) is 1.